The average molecular weight is 387 g/mol. The maximum absolute atomic E-state index is 13.0. The fraction of sp³-hybridized carbons (Fsp3) is 0.294. The summed E-state index contributed by atoms with van der Waals surface area (Å²) in [4.78, 5) is 30.4. The van der Waals surface area contributed by atoms with Crippen molar-refractivity contribution in [2.75, 3.05) is 16.9 Å². The molecule has 0 radical (unpaired) electrons. The van der Waals surface area contributed by atoms with Crippen LogP contribution < -0.4 is 5.32 Å². The van der Waals surface area contributed by atoms with Crippen molar-refractivity contribution in [2.45, 2.75) is 19.4 Å². The number of rotatable bonds is 4. The van der Waals surface area contributed by atoms with E-state index in [1.807, 2.05) is 31.2 Å². The van der Waals surface area contributed by atoms with Gasteiger partial charge in [0, 0.05) is 22.9 Å². The molecule has 1 aliphatic rings. The first-order chi connectivity index (χ1) is 12.7. The van der Waals surface area contributed by atoms with E-state index in [1.54, 1.807) is 22.9 Å². The Bertz CT molecular complexity index is 967. The summed E-state index contributed by atoms with van der Waals surface area (Å²) in [7, 11) is 0. The molecule has 1 atom stereocenters. The van der Waals surface area contributed by atoms with Gasteiger partial charge in [0.15, 0.2) is 0 Å². The largest absolute Gasteiger partial charge is 0.360 e. The fourth-order valence-corrected chi connectivity index (χ4v) is 4.74. The summed E-state index contributed by atoms with van der Waals surface area (Å²) < 4.78 is 0. The van der Waals surface area contributed by atoms with Gasteiger partial charge < -0.3 is 9.88 Å². The second kappa shape index (κ2) is 7.08. The zero-order valence-electron chi connectivity index (χ0n) is 14.1. The Balaban J connectivity index is 1.54. The molecule has 7 nitrogen and oxygen atoms in total. The van der Waals surface area contributed by atoms with Gasteiger partial charge in [0.25, 0.3) is 5.91 Å². The molecule has 1 unspecified atom stereocenters. The van der Waals surface area contributed by atoms with E-state index < -0.39 is 6.04 Å². The molecule has 0 aliphatic carbocycles. The fourth-order valence-electron chi connectivity index (χ4n) is 2.90. The predicted molar refractivity (Wildman–Crippen MR) is 103 cm³/mol. The lowest BCUT2D eigenvalue weighted by atomic mass is 10.1. The van der Waals surface area contributed by atoms with Gasteiger partial charge in [-0.1, -0.05) is 36.5 Å². The molecule has 0 bridgehead atoms. The van der Waals surface area contributed by atoms with E-state index in [9.17, 15) is 9.59 Å². The zero-order valence-corrected chi connectivity index (χ0v) is 15.7. The van der Waals surface area contributed by atoms with Crippen LogP contribution in [0.5, 0.6) is 0 Å². The Hall–Kier alpha value is -2.39. The number of carbonyl (C=O) groups is 2. The van der Waals surface area contributed by atoms with Crippen LogP contribution in [0.15, 0.2) is 30.5 Å². The van der Waals surface area contributed by atoms with Crippen molar-refractivity contribution in [1.29, 1.82) is 0 Å². The van der Waals surface area contributed by atoms with E-state index in [2.05, 4.69) is 20.5 Å². The van der Waals surface area contributed by atoms with Crippen molar-refractivity contribution >= 4 is 50.9 Å². The predicted octanol–water partition coefficient (Wildman–Crippen LogP) is 2.74. The quantitative estimate of drug-likeness (QED) is 0.718. The summed E-state index contributed by atoms with van der Waals surface area (Å²) in [5.74, 6) is 0.702. The number of fused-ring (bicyclic) bond motifs is 1. The van der Waals surface area contributed by atoms with Gasteiger partial charge in [0.05, 0.1) is 11.4 Å². The molecule has 134 valence electrons. The van der Waals surface area contributed by atoms with Crippen LogP contribution in [0, 0.1) is 0 Å². The van der Waals surface area contributed by atoms with Gasteiger partial charge >= 0.3 is 0 Å². The Morgan fingerprint density at radius 1 is 1.35 bits per heavy atom. The third-order valence-electron chi connectivity index (χ3n) is 4.26. The lowest BCUT2D eigenvalue weighted by Crippen LogP contribution is -2.44. The average Bonchev–Trinajstić information content (AvgIpc) is 3.39. The number of aromatic nitrogens is 3. The van der Waals surface area contributed by atoms with Gasteiger partial charge in [0.1, 0.15) is 11.0 Å². The molecule has 1 saturated heterocycles. The van der Waals surface area contributed by atoms with Gasteiger partial charge in [-0.15, -0.1) is 22.0 Å². The second-order valence-electron chi connectivity index (χ2n) is 5.88. The van der Waals surface area contributed by atoms with Crippen LogP contribution in [0.1, 0.15) is 22.3 Å². The van der Waals surface area contributed by atoms with Gasteiger partial charge in [-0.3, -0.25) is 14.9 Å². The Morgan fingerprint density at radius 2 is 2.19 bits per heavy atom. The first-order valence-electron chi connectivity index (χ1n) is 8.25. The normalized spacial score (nSPS) is 17.0. The van der Waals surface area contributed by atoms with Gasteiger partial charge in [-0.25, -0.2) is 0 Å². The molecule has 2 amide bonds. The SMILES string of the molecule is CCc1nnc(NC(=O)C2CSCN2C(=O)c2c[nH]c3ccccc23)s1. The molecule has 3 heterocycles. The minimum Gasteiger partial charge on any atom is -0.360 e. The first kappa shape index (κ1) is 17.0. The standard InChI is InChI=1S/C17H17N5O2S2/c1-2-14-20-21-17(26-14)19-15(23)13-8-25-9-22(13)16(24)11-7-18-12-6-4-3-5-10(11)12/h3-7,13,18H,2,8-9H2,1H3,(H,19,21,23). The topological polar surface area (TPSA) is 91.0 Å². The molecule has 3 aromatic rings. The van der Waals surface area contributed by atoms with Crippen molar-refractivity contribution in [3.63, 3.8) is 0 Å². The number of aromatic amines is 1. The Labute approximate surface area is 158 Å². The van der Waals surface area contributed by atoms with E-state index in [4.69, 9.17) is 0 Å². The number of nitrogens with zero attached hydrogens (tertiary/aromatic N) is 3. The van der Waals surface area contributed by atoms with E-state index >= 15 is 0 Å². The van der Waals surface area contributed by atoms with Crippen LogP contribution in [0.2, 0.25) is 0 Å². The summed E-state index contributed by atoms with van der Waals surface area (Å²) in [5.41, 5.74) is 1.50. The number of hydrogen-bond acceptors (Lipinski definition) is 6. The second-order valence-corrected chi connectivity index (χ2v) is 7.94. The summed E-state index contributed by atoms with van der Waals surface area (Å²) in [6.07, 6.45) is 2.49. The van der Waals surface area contributed by atoms with E-state index in [-0.39, 0.29) is 11.8 Å². The maximum Gasteiger partial charge on any atom is 0.257 e. The smallest absolute Gasteiger partial charge is 0.257 e. The van der Waals surface area contributed by atoms with Gasteiger partial charge in [0.2, 0.25) is 11.0 Å². The first-order valence-corrected chi connectivity index (χ1v) is 10.2. The summed E-state index contributed by atoms with van der Waals surface area (Å²) >= 11 is 2.93. The molecule has 2 N–H and O–H groups in total. The van der Waals surface area contributed by atoms with Crippen molar-refractivity contribution in [3.8, 4) is 0 Å². The Morgan fingerprint density at radius 3 is 3.00 bits per heavy atom. The number of hydrogen-bond donors (Lipinski definition) is 2. The molecule has 2 aromatic heterocycles. The molecule has 0 saturated carbocycles. The summed E-state index contributed by atoms with van der Waals surface area (Å²) in [6.45, 7) is 1.99. The molecular formula is C17H17N5O2S2. The number of nitrogens with one attached hydrogen (secondary N) is 2. The summed E-state index contributed by atoms with van der Waals surface area (Å²) in [6, 6.07) is 7.13. The van der Waals surface area contributed by atoms with Crippen LogP contribution in [0.4, 0.5) is 5.13 Å². The number of benzene rings is 1. The number of para-hydroxylation sites is 1. The van der Waals surface area contributed by atoms with Crippen LogP contribution in [0.3, 0.4) is 0 Å². The highest BCUT2D eigenvalue weighted by molar-refractivity contribution is 7.99. The maximum atomic E-state index is 13.0. The number of amides is 2. The van der Waals surface area contributed by atoms with Gasteiger partial charge in [-0.05, 0) is 12.5 Å². The van der Waals surface area contributed by atoms with Crippen LogP contribution in [0.25, 0.3) is 10.9 Å². The minimum absolute atomic E-state index is 0.140. The molecule has 26 heavy (non-hydrogen) atoms. The third kappa shape index (κ3) is 3.08. The number of thioether (sulfide) groups is 1. The molecule has 1 aliphatic heterocycles. The molecule has 4 rings (SSSR count). The van der Waals surface area contributed by atoms with E-state index in [1.165, 1.54) is 11.3 Å². The number of aryl methyl sites for hydroxylation is 1. The highest BCUT2D eigenvalue weighted by Crippen LogP contribution is 2.27. The lowest BCUT2D eigenvalue weighted by molar-refractivity contribution is -0.119. The molecule has 1 aromatic carbocycles. The zero-order chi connectivity index (χ0) is 18.1. The number of carbonyl (C=O) groups excluding carboxylic acids is 2. The van der Waals surface area contributed by atoms with Gasteiger partial charge in [-0.2, -0.15) is 0 Å². The monoisotopic (exact) mass is 387 g/mol. The highest BCUT2D eigenvalue weighted by atomic mass is 32.2. The van der Waals surface area contributed by atoms with Crippen molar-refractivity contribution in [2.24, 2.45) is 0 Å². The highest BCUT2D eigenvalue weighted by Gasteiger charge is 2.36. The van der Waals surface area contributed by atoms with E-state index in [0.717, 1.165) is 22.3 Å². The lowest BCUT2D eigenvalue weighted by Gasteiger charge is -2.22. The molecule has 9 heteroatoms. The molecular weight excluding hydrogens is 370 g/mol. The number of H-pyrrole nitrogens is 1. The third-order valence-corrected chi connectivity index (χ3v) is 6.26. The van der Waals surface area contributed by atoms with Crippen LogP contribution >= 0.6 is 23.1 Å². The van der Waals surface area contributed by atoms with Crippen molar-refractivity contribution < 1.29 is 9.59 Å². The number of anilines is 1. The van der Waals surface area contributed by atoms with Crippen molar-refractivity contribution in [3.05, 3.63) is 41.0 Å². The van der Waals surface area contributed by atoms with Crippen LogP contribution in [-0.4, -0.2) is 49.6 Å². The molecule has 1 fully saturated rings. The van der Waals surface area contributed by atoms with E-state index in [0.29, 0.717) is 22.3 Å². The molecule has 0 spiro atoms. The summed E-state index contributed by atoms with van der Waals surface area (Å²) in [5, 5.41) is 13.0. The minimum atomic E-state index is -0.518. The Kier molecular flexibility index (Phi) is 4.64. The van der Waals surface area contributed by atoms with Crippen molar-refractivity contribution in [1.82, 2.24) is 20.1 Å². The van der Waals surface area contributed by atoms with Crippen LogP contribution in [-0.2, 0) is 11.2 Å².